The van der Waals surface area contributed by atoms with E-state index >= 15 is 0 Å². The standard InChI is InChI=1S/C35H42ClN3O6/c1-5-20-37(26-14-16-27(17-15-26)44-8-4)31(41)28-29-32(42)39(22-9-23-40)30(35(29)19-18-34(28,7-3)45-35)33(43)38(21-6-2)25-12-10-24(36)11-13-25/h5-6,10-17,28-30,40H,1-2,7-9,18-23H2,3-4H3/t28-,29-,30?,34+,35?/m0/s1. The van der Waals surface area contributed by atoms with Crippen LogP contribution in [-0.2, 0) is 19.1 Å². The number of likely N-dealkylation sites (tertiary alicyclic amines) is 1. The number of amides is 3. The van der Waals surface area contributed by atoms with Gasteiger partial charge in [0.25, 0.3) is 5.91 Å². The van der Waals surface area contributed by atoms with E-state index in [1.165, 1.54) is 4.90 Å². The number of benzene rings is 2. The highest BCUT2D eigenvalue weighted by Gasteiger charge is 2.79. The lowest BCUT2D eigenvalue weighted by Crippen LogP contribution is -2.56. The van der Waals surface area contributed by atoms with Crippen LogP contribution in [0.2, 0.25) is 5.02 Å². The van der Waals surface area contributed by atoms with Gasteiger partial charge in [-0.1, -0.05) is 30.7 Å². The molecule has 2 unspecified atom stereocenters. The Morgan fingerprint density at radius 1 is 1.02 bits per heavy atom. The van der Waals surface area contributed by atoms with Crippen molar-refractivity contribution in [2.75, 3.05) is 42.6 Å². The monoisotopic (exact) mass is 635 g/mol. The van der Waals surface area contributed by atoms with Gasteiger partial charge in [-0.2, -0.15) is 0 Å². The summed E-state index contributed by atoms with van der Waals surface area (Å²) in [5.41, 5.74) is -0.851. The lowest BCUT2D eigenvalue weighted by Gasteiger charge is -2.37. The lowest BCUT2D eigenvalue weighted by molar-refractivity contribution is -0.146. The Morgan fingerprint density at radius 3 is 2.18 bits per heavy atom. The van der Waals surface area contributed by atoms with Crippen LogP contribution in [0.25, 0.3) is 0 Å². The van der Waals surface area contributed by atoms with Gasteiger partial charge in [0, 0.05) is 42.6 Å². The predicted molar refractivity (Wildman–Crippen MR) is 174 cm³/mol. The first kappa shape index (κ1) is 32.7. The summed E-state index contributed by atoms with van der Waals surface area (Å²) >= 11 is 6.15. The van der Waals surface area contributed by atoms with E-state index in [2.05, 4.69) is 13.2 Å². The fourth-order valence-electron chi connectivity index (χ4n) is 7.58. The van der Waals surface area contributed by atoms with E-state index in [1.54, 1.807) is 46.2 Å². The van der Waals surface area contributed by atoms with Crippen molar-refractivity contribution < 1.29 is 29.0 Å². The van der Waals surface area contributed by atoms with Crippen LogP contribution >= 0.6 is 11.6 Å². The van der Waals surface area contributed by atoms with Crippen molar-refractivity contribution in [1.29, 1.82) is 0 Å². The molecule has 0 aromatic heterocycles. The zero-order chi connectivity index (χ0) is 32.4. The van der Waals surface area contributed by atoms with Gasteiger partial charge in [0.15, 0.2) is 0 Å². The number of rotatable bonds is 14. The number of hydrogen-bond donors (Lipinski definition) is 1. The summed E-state index contributed by atoms with van der Waals surface area (Å²) in [6.45, 7) is 12.6. The van der Waals surface area contributed by atoms with Crippen molar-refractivity contribution in [3.8, 4) is 5.75 Å². The molecule has 9 nitrogen and oxygen atoms in total. The van der Waals surface area contributed by atoms with Crippen molar-refractivity contribution in [3.63, 3.8) is 0 Å². The van der Waals surface area contributed by atoms with E-state index in [0.29, 0.717) is 48.0 Å². The van der Waals surface area contributed by atoms with Crippen LogP contribution in [0.15, 0.2) is 73.8 Å². The minimum Gasteiger partial charge on any atom is -0.494 e. The van der Waals surface area contributed by atoms with Crippen molar-refractivity contribution >= 4 is 40.7 Å². The Morgan fingerprint density at radius 2 is 1.62 bits per heavy atom. The molecule has 0 saturated carbocycles. The minimum atomic E-state index is -1.20. The molecule has 1 spiro atoms. The molecule has 0 radical (unpaired) electrons. The highest BCUT2D eigenvalue weighted by atomic mass is 35.5. The molecule has 3 fully saturated rings. The molecule has 0 aliphatic carbocycles. The van der Waals surface area contributed by atoms with Gasteiger partial charge >= 0.3 is 0 Å². The molecule has 2 aromatic rings. The molecule has 2 aromatic carbocycles. The number of anilines is 2. The third-order valence-electron chi connectivity index (χ3n) is 9.49. The maximum absolute atomic E-state index is 14.7. The van der Waals surface area contributed by atoms with Crippen LogP contribution in [0.1, 0.15) is 39.5 Å². The Kier molecular flexibility index (Phi) is 9.72. The molecule has 3 aliphatic heterocycles. The first-order valence-corrected chi connectivity index (χ1v) is 16.0. The quantitative estimate of drug-likeness (QED) is 0.293. The molecule has 2 bridgehead atoms. The Hall–Kier alpha value is -3.66. The van der Waals surface area contributed by atoms with E-state index in [4.69, 9.17) is 21.1 Å². The summed E-state index contributed by atoms with van der Waals surface area (Å²) in [6, 6.07) is 13.2. The summed E-state index contributed by atoms with van der Waals surface area (Å²) in [5.74, 6) is -1.84. The van der Waals surface area contributed by atoms with E-state index in [9.17, 15) is 19.5 Å². The molecule has 3 amide bonds. The number of hydrogen-bond acceptors (Lipinski definition) is 6. The van der Waals surface area contributed by atoms with Gasteiger partial charge in [0.2, 0.25) is 11.8 Å². The summed E-state index contributed by atoms with van der Waals surface area (Å²) in [5, 5.41) is 10.3. The Bertz CT molecular complexity index is 1430. The van der Waals surface area contributed by atoms with Crippen molar-refractivity contribution in [3.05, 3.63) is 78.9 Å². The summed E-state index contributed by atoms with van der Waals surface area (Å²) in [6.07, 6.45) is 5.08. The molecular weight excluding hydrogens is 594 g/mol. The summed E-state index contributed by atoms with van der Waals surface area (Å²) in [4.78, 5) is 48.6. The molecule has 3 aliphatic rings. The lowest BCUT2D eigenvalue weighted by atomic mass is 9.64. The fourth-order valence-corrected chi connectivity index (χ4v) is 7.71. The van der Waals surface area contributed by atoms with Gasteiger partial charge < -0.3 is 29.3 Å². The highest BCUT2D eigenvalue weighted by molar-refractivity contribution is 6.30. The number of aliphatic hydroxyl groups excluding tert-OH is 1. The number of aliphatic hydroxyl groups is 1. The summed E-state index contributed by atoms with van der Waals surface area (Å²) in [7, 11) is 0. The zero-order valence-corrected chi connectivity index (χ0v) is 26.7. The van der Waals surface area contributed by atoms with Crippen LogP contribution in [0, 0.1) is 11.8 Å². The van der Waals surface area contributed by atoms with Gasteiger partial charge in [-0.25, -0.2) is 0 Å². The van der Waals surface area contributed by atoms with Crippen LogP contribution in [0.5, 0.6) is 5.75 Å². The van der Waals surface area contributed by atoms with Gasteiger partial charge in [-0.15, -0.1) is 13.2 Å². The first-order chi connectivity index (χ1) is 21.7. The number of halogens is 1. The molecule has 10 heteroatoms. The number of carbonyl (C=O) groups is 3. The molecule has 1 N–H and O–H groups in total. The van der Waals surface area contributed by atoms with Crippen molar-refractivity contribution in [1.82, 2.24) is 4.90 Å². The van der Waals surface area contributed by atoms with Crippen LogP contribution in [0.4, 0.5) is 11.4 Å². The second-order valence-electron chi connectivity index (χ2n) is 11.8. The number of fused-ring (bicyclic) bond motifs is 1. The molecule has 5 rings (SSSR count). The van der Waals surface area contributed by atoms with Gasteiger partial charge in [0.1, 0.15) is 17.4 Å². The second kappa shape index (κ2) is 13.4. The first-order valence-electron chi connectivity index (χ1n) is 15.7. The largest absolute Gasteiger partial charge is 0.494 e. The minimum absolute atomic E-state index is 0.150. The summed E-state index contributed by atoms with van der Waals surface area (Å²) < 4.78 is 12.6. The van der Waals surface area contributed by atoms with E-state index < -0.39 is 29.1 Å². The molecule has 240 valence electrons. The normalized spacial score (nSPS) is 26.4. The molecular formula is C35H42ClN3O6. The number of carbonyl (C=O) groups excluding carboxylic acids is 3. The fraction of sp³-hybridized carbons (Fsp3) is 0.457. The van der Waals surface area contributed by atoms with Crippen LogP contribution in [0.3, 0.4) is 0 Å². The highest BCUT2D eigenvalue weighted by Crippen LogP contribution is 2.64. The van der Waals surface area contributed by atoms with E-state index in [0.717, 1.165) is 0 Å². The van der Waals surface area contributed by atoms with Gasteiger partial charge in [-0.05, 0) is 81.1 Å². The molecule has 5 atom stereocenters. The van der Waals surface area contributed by atoms with Crippen molar-refractivity contribution in [2.45, 2.75) is 56.8 Å². The average Bonchev–Trinajstić information content (AvgIpc) is 3.65. The molecule has 3 heterocycles. The number of ether oxygens (including phenoxy) is 2. The second-order valence-corrected chi connectivity index (χ2v) is 12.3. The van der Waals surface area contributed by atoms with Gasteiger partial charge in [-0.3, -0.25) is 14.4 Å². The van der Waals surface area contributed by atoms with Crippen molar-refractivity contribution in [2.24, 2.45) is 11.8 Å². The molecule has 45 heavy (non-hydrogen) atoms. The van der Waals surface area contributed by atoms with E-state index in [-0.39, 0.29) is 50.4 Å². The molecule has 3 saturated heterocycles. The van der Waals surface area contributed by atoms with Gasteiger partial charge in [0.05, 0.1) is 24.0 Å². The Labute approximate surface area is 270 Å². The maximum Gasteiger partial charge on any atom is 0.253 e. The predicted octanol–water partition coefficient (Wildman–Crippen LogP) is 5.01. The average molecular weight is 636 g/mol. The third-order valence-corrected chi connectivity index (χ3v) is 9.74. The smallest absolute Gasteiger partial charge is 0.253 e. The third kappa shape index (κ3) is 5.55. The Balaban J connectivity index is 1.58. The zero-order valence-electron chi connectivity index (χ0n) is 26.0. The topological polar surface area (TPSA) is 99.6 Å². The van der Waals surface area contributed by atoms with E-state index in [1.807, 2.05) is 38.1 Å². The van der Waals surface area contributed by atoms with Crippen LogP contribution < -0.4 is 14.5 Å². The number of nitrogens with zero attached hydrogens (tertiary/aromatic N) is 3. The SMILES string of the molecule is C=CCN(C(=O)C1N(CCCO)C(=O)[C@@H]2[C@@H](C(=O)N(CC=C)c3ccc(OCC)cc3)[C@@]3(CC)CCC12O3)c1ccc(Cl)cc1. The maximum atomic E-state index is 14.7. The van der Waals surface area contributed by atoms with Crippen LogP contribution in [-0.4, -0.2) is 77.8 Å².